The fourth-order valence-electron chi connectivity index (χ4n) is 4.70. The molecule has 0 N–H and O–H groups in total. The Balaban J connectivity index is 0.000000255. The summed E-state index contributed by atoms with van der Waals surface area (Å²) in [6.45, 7) is 2.08. The van der Waals surface area contributed by atoms with Crippen LogP contribution < -0.4 is 10.8 Å². The van der Waals surface area contributed by atoms with Crippen LogP contribution in [0, 0.1) is 6.92 Å². The lowest BCUT2D eigenvalue weighted by atomic mass is 10.0. The van der Waals surface area contributed by atoms with Gasteiger partial charge in [-0.15, -0.1) is 0 Å². The van der Waals surface area contributed by atoms with Gasteiger partial charge in [0.1, 0.15) is 5.65 Å². The van der Waals surface area contributed by atoms with Crippen LogP contribution in [0.5, 0.6) is 0 Å². The van der Waals surface area contributed by atoms with Crippen molar-refractivity contribution in [2.75, 3.05) is 0 Å². The molecule has 0 amide bonds. The smallest absolute Gasteiger partial charge is 0.264 e. The van der Waals surface area contributed by atoms with Crippen molar-refractivity contribution in [1.29, 1.82) is 0 Å². The van der Waals surface area contributed by atoms with E-state index in [2.05, 4.69) is 67.6 Å². The molecule has 0 bridgehead atoms. The van der Waals surface area contributed by atoms with Crippen molar-refractivity contribution in [1.82, 2.24) is 9.38 Å². The topological polar surface area (TPSA) is 34.4 Å². The second-order valence-electron chi connectivity index (χ2n) is 8.47. The maximum Gasteiger partial charge on any atom is 0.264 e. The number of hydrogen-bond acceptors (Lipinski definition) is 2. The van der Waals surface area contributed by atoms with Crippen molar-refractivity contribution in [3.8, 4) is 0 Å². The van der Waals surface area contributed by atoms with E-state index < -0.39 is 0 Å². The van der Waals surface area contributed by atoms with Gasteiger partial charge in [0, 0.05) is 16.0 Å². The molecular weight excluding hydrogens is 404 g/mol. The Morgan fingerprint density at radius 3 is 2.36 bits per heavy atom. The lowest BCUT2D eigenvalue weighted by molar-refractivity contribution is 1.16. The van der Waals surface area contributed by atoms with Gasteiger partial charge in [-0.1, -0.05) is 90.5 Å². The first-order valence-electron chi connectivity index (χ1n) is 11.2. The minimum absolute atomic E-state index is 0.00804. The summed E-state index contributed by atoms with van der Waals surface area (Å²) >= 11 is 0. The molecule has 0 radical (unpaired) electrons. The summed E-state index contributed by atoms with van der Waals surface area (Å²) in [4.78, 5) is 18.2. The summed E-state index contributed by atoms with van der Waals surface area (Å²) in [5.41, 5.74) is 4.98. The molecular formula is C30H22N2O. The lowest BCUT2D eigenvalue weighted by Crippen LogP contribution is -2.21. The Morgan fingerprint density at radius 2 is 1.61 bits per heavy atom. The van der Waals surface area contributed by atoms with Gasteiger partial charge in [0.15, 0.2) is 0 Å². The highest BCUT2D eigenvalue weighted by Crippen LogP contribution is 2.24. The summed E-state index contributed by atoms with van der Waals surface area (Å²) in [5, 5.41) is 5.08. The highest BCUT2D eigenvalue weighted by molar-refractivity contribution is 5.99. The van der Waals surface area contributed by atoms with Gasteiger partial charge < -0.3 is 0 Å². The van der Waals surface area contributed by atoms with Gasteiger partial charge in [0.25, 0.3) is 5.56 Å². The molecule has 0 aliphatic heterocycles. The van der Waals surface area contributed by atoms with Crippen LogP contribution >= 0.6 is 0 Å². The number of hydrogen-bond donors (Lipinski definition) is 0. The van der Waals surface area contributed by atoms with Crippen LogP contribution in [0.4, 0.5) is 0 Å². The van der Waals surface area contributed by atoms with Crippen LogP contribution in [0.3, 0.4) is 0 Å². The average Bonchev–Trinajstić information content (AvgIpc) is 3.07. The number of aromatic nitrogens is 2. The monoisotopic (exact) mass is 426 g/mol. The summed E-state index contributed by atoms with van der Waals surface area (Å²) < 4.78 is 1.78. The van der Waals surface area contributed by atoms with E-state index in [-0.39, 0.29) is 5.56 Å². The van der Waals surface area contributed by atoms with E-state index in [1.165, 1.54) is 11.1 Å². The zero-order chi connectivity index (χ0) is 22.4. The fraction of sp³-hybridized carbons (Fsp3) is 0.0667. The molecule has 3 nitrogen and oxygen atoms in total. The molecule has 2 heterocycles. The van der Waals surface area contributed by atoms with Gasteiger partial charge in [-0.05, 0) is 47.9 Å². The molecule has 0 atom stereocenters. The molecule has 33 heavy (non-hydrogen) atoms. The molecule has 0 saturated heterocycles. The van der Waals surface area contributed by atoms with Gasteiger partial charge in [0.05, 0.1) is 11.0 Å². The van der Waals surface area contributed by atoms with Crippen molar-refractivity contribution in [3.63, 3.8) is 0 Å². The number of benzene rings is 4. The van der Waals surface area contributed by atoms with Gasteiger partial charge in [0.2, 0.25) is 0 Å². The van der Waals surface area contributed by atoms with Gasteiger partial charge in [-0.2, -0.15) is 0 Å². The van der Waals surface area contributed by atoms with Crippen LogP contribution in [0.15, 0.2) is 102 Å². The summed E-state index contributed by atoms with van der Waals surface area (Å²) in [6.07, 6.45) is 7.11. The Kier molecular flexibility index (Phi) is 4.55. The van der Waals surface area contributed by atoms with Crippen LogP contribution in [0.1, 0.15) is 11.1 Å². The Hall–Kier alpha value is -4.24. The molecule has 0 saturated carbocycles. The zero-order valence-corrected chi connectivity index (χ0v) is 18.3. The molecule has 4 aromatic carbocycles. The Morgan fingerprint density at radius 1 is 0.848 bits per heavy atom. The minimum Gasteiger partial charge on any atom is -0.268 e. The number of nitrogens with zero attached hydrogens (tertiary/aromatic N) is 2. The average molecular weight is 427 g/mol. The van der Waals surface area contributed by atoms with E-state index in [9.17, 15) is 4.79 Å². The van der Waals surface area contributed by atoms with Crippen LogP contribution in [-0.2, 0) is 6.42 Å². The van der Waals surface area contributed by atoms with E-state index in [1.807, 2.05) is 42.5 Å². The van der Waals surface area contributed by atoms with E-state index >= 15 is 0 Å². The molecule has 1 aliphatic carbocycles. The molecule has 1 aliphatic rings. The fourth-order valence-corrected chi connectivity index (χ4v) is 4.70. The number of aryl methyl sites for hydroxylation is 1. The van der Waals surface area contributed by atoms with Gasteiger partial charge in [-0.3, -0.25) is 9.20 Å². The third-order valence-electron chi connectivity index (χ3n) is 6.29. The Labute approximate surface area is 190 Å². The molecule has 3 heteroatoms. The second-order valence-corrected chi connectivity index (χ2v) is 8.47. The number of fused-ring (bicyclic) bond motifs is 5. The molecule has 0 spiro atoms. The van der Waals surface area contributed by atoms with E-state index in [4.69, 9.17) is 4.98 Å². The highest BCUT2D eigenvalue weighted by atomic mass is 16.1. The predicted octanol–water partition coefficient (Wildman–Crippen LogP) is 5.76. The third kappa shape index (κ3) is 3.21. The summed E-state index contributed by atoms with van der Waals surface area (Å²) in [6, 6.07) is 28.6. The van der Waals surface area contributed by atoms with Crippen molar-refractivity contribution in [2.24, 2.45) is 0 Å². The number of allylic oxidation sites excluding steroid dienone is 2. The first kappa shape index (κ1) is 19.4. The summed E-state index contributed by atoms with van der Waals surface area (Å²) in [5.74, 6) is 0. The highest BCUT2D eigenvalue weighted by Gasteiger charge is 2.16. The van der Waals surface area contributed by atoms with Crippen LogP contribution in [0.25, 0.3) is 44.3 Å². The third-order valence-corrected chi connectivity index (χ3v) is 6.29. The molecule has 0 fully saturated rings. The zero-order valence-electron chi connectivity index (χ0n) is 18.3. The van der Waals surface area contributed by atoms with Gasteiger partial charge in [-0.25, -0.2) is 4.98 Å². The van der Waals surface area contributed by atoms with Crippen molar-refractivity contribution in [2.45, 2.75) is 13.3 Å². The standard InChI is InChI=1S/C23H14N2O.C7H8/c26-23-18-11-5-9-14-6-3-4-10-17(21(14)18)22-24-19-12-15-7-1-2-8-16(15)13-20(19)25(22)23;1-7-5-3-2-4-6-7/h1-5,7-13H,6H2;2-6H,1H3. The maximum atomic E-state index is 13.3. The molecule has 7 rings (SSSR count). The molecule has 2 aromatic heterocycles. The minimum atomic E-state index is 0.00804. The lowest BCUT2D eigenvalue weighted by Gasteiger charge is -2.06. The number of imidazole rings is 1. The predicted molar refractivity (Wildman–Crippen MR) is 138 cm³/mol. The van der Waals surface area contributed by atoms with E-state index in [0.717, 1.165) is 49.9 Å². The van der Waals surface area contributed by atoms with E-state index in [0.29, 0.717) is 0 Å². The normalized spacial score (nSPS) is 12.5. The second kappa shape index (κ2) is 7.72. The van der Waals surface area contributed by atoms with Crippen molar-refractivity contribution >= 4 is 44.3 Å². The number of pyridine rings is 1. The first-order valence-corrected chi connectivity index (χ1v) is 11.2. The Bertz CT molecular complexity index is 1810. The summed E-state index contributed by atoms with van der Waals surface area (Å²) in [7, 11) is 0. The van der Waals surface area contributed by atoms with Crippen LogP contribution in [-0.4, -0.2) is 9.38 Å². The quantitative estimate of drug-likeness (QED) is 0.309. The van der Waals surface area contributed by atoms with Crippen molar-refractivity contribution in [3.05, 3.63) is 124 Å². The maximum absolute atomic E-state index is 13.3. The van der Waals surface area contributed by atoms with E-state index in [1.54, 1.807) is 4.40 Å². The number of rotatable bonds is 0. The van der Waals surface area contributed by atoms with Gasteiger partial charge >= 0.3 is 0 Å². The first-order chi connectivity index (χ1) is 16.2. The van der Waals surface area contributed by atoms with Crippen molar-refractivity contribution < 1.29 is 0 Å². The molecule has 158 valence electrons. The largest absolute Gasteiger partial charge is 0.268 e. The SMILES string of the molecule is Cc1ccccc1.O=c1c2cccc3c2c(c2nc4cc5ccccc5cc4n12)=CC=CC3. The molecule has 6 aromatic rings. The van der Waals surface area contributed by atoms with Crippen LogP contribution in [0.2, 0.25) is 0 Å². The molecule has 0 unspecified atom stereocenters.